The lowest BCUT2D eigenvalue weighted by Gasteiger charge is -2.34. The van der Waals surface area contributed by atoms with Crippen molar-refractivity contribution in [2.45, 2.75) is 50.1 Å². The number of nitrogens with zero attached hydrogens (tertiary/aromatic N) is 1. The molecule has 1 N–H and O–H groups in total. The molecule has 2 atom stereocenters. The van der Waals surface area contributed by atoms with Crippen molar-refractivity contribution in [1.29, 1.82) is 0 Å². The van der Waals surface area contributed by atoms with Crippen molar-refractivity contribution >= 4 is 5.97 Å². The molecule has 0 saturated heterocycles. The topological polar surface area (TPSA) is 41.6 Å². The number of methoxy groups -OCH3 is 1. The van der Waals surface area contributed by atoms with Crippen LogP contribution in [0.5, 0.6) is 0 Å². The standard InChI is InChI=1S/C14H26N2O2/c1-15-14(13(17)18-3)8-7-12(9-14)16(2)10-11-5-4-6-11/h11-12,15H,4-10H2,1-3H3. The summed E-state index contributed by atoms with van der Waals surface area (Å²) in [5, 5.41) is 3.19. The van der Waals surface area contributed by atoms with Gasteiger partial charge in [-0.25, -0.2) is 0 Å². The van der Waals surface area contributed by atoms with Crippen LogP contribution in [0.15, 0.2) is 0 Å². The van der Waals surface area contributed by atoms with Gasteiger partial charge < -0.3 is 15.0 Å². The van der Waals surface area contributed by atoms with E-state index in [-0.39, 0.29) is 5.97 Å². The summed E-state index contributed by atoms with van der Waals surface area (Å²) in [4.78, 5) is 14.4. The summed E-state index contributed by atoms with van der Waals surface area (Å²) in [6.07, 6.45) is 7.00. The molecule has 0 aliphatic heterocycles. The number of rotatable bonds is 5. The fourth-order valence-corrected chi connectivity index (χ4v) is 3.34. The van der Waals surface area contributed by atoms with Crippen molar-refractivity contribution in [2.75, 3.05) is 27.7 Å². The summed E-state index contributed by atoms with van der Waals surface area (Å²) in [7, 11) is 5.55. The molecule has 0 aromatic rings. The third-order valence-electron chi connectivity index (χ3n) is 4.94. The predicted octanol–water partition coefficient (Wildman–Crippen LogP) is 1.40. The zero-order valence-corrected chi connectivity index (χ0v) is 11.9. The number of carbonyl (C=O) groups is 1. The Morgan fingerprint density at radius 3 is 2.67 bits per heavy atom. The van der Waals surface area contributed by atoms with E-state index in [9.17, 15) is 4.79 Å². The van der Waals surface area contributed by atoms with Gasteiger partial charge in [-0.3, -0.25) is 4.79 Å². The second-order valence-corrected chi connectivity index (χ2v) is 5.96. The third kappa shape index (κ3) is 2.54. The first kappa shape index (κ1) is 13.8. The largest absolute Gasteiger partial charge is 0.468 e. The maximum absolute atomic E-state index is 11.9. The lowest BCUT2D eigenvalue weighted by Crippen LogP contribution is -2.50. The Hall–Kier alpha value is -0.610. The highest BCUT2D eigenvalue weighted by Crippen LogP contribution is 2.35. The molecule has 0 amide bonds. The molecule has 2 aliphatic carbocycles. The van der Waals surface area contributed by atoms with Crippen LogP contribution in [0.2, 0.25) is 0 Å². The van der Waals surface area contributed by atoms with Crippen molar-refractivity contribution in [2.24, 2.45) is 5.92 Å². The normalized spacial score (nSPS) is 32.6. The van der Waals surface area contributed by atoms with Gasteiger partial charge in [0.05, 0.1) is 7.11 Å². The molecule has 104 valence electrons. The van der Waals surface area contributed by atoms with Gasteiger partial charge in [-0.1, -0.05) is 6.42 Å². The summed E-state index contributed by atoms with van der Waals surface area (Å²) < 4.78 is 4.95. The molecule has 2 fully saturated rings. The molecule has 0 radical (unpaired) electrons. The van der Waals surface area contributed by atoms with Crippen molar-refractivity contribution in [3.63, 3.8) is 0 Å². The molecule has 18 heavy (non-hydrogen) atoms. The maximum Gasteiger partial charge on any atom is 0.326 e. The van der Waals surface area contributed by atoms with Crippen LogP contribution in [0, 0.1) is 5.92 Å². The number of hydrogen-bond acceptors (Lipinski definition) is 4. The number of carbonyl (C=O) groups excluding carboxylic acids is 1. The summed E-state index contributed by atoms with van der Waals surface area (Å²) in [5.74, 6) is 0.780. The van der Waals surface area contributed by atoms with Crippen LogP contribution in [0.1, 0.15) is 38.5 Å². The second-order valence-electron chi connectivity index (χ2n) is 5.96. The Morgan fingerprint density at radius 1 is 1.44 bits per heavy atom. The van der Waals surface area contributed by atoms with Crippen molar-refractivity contribution < 1.29 is 9.53 Å². The van der Waals surface area contributed by atoms with Gasteiger partial charge in [0.15, 0.2) is 0 Å². The van der Waals surface area contributed by atoms with Crippen LogP contribution >= 0.6 is 0 Å². The first-order valence-corrected chi connectivity index (χ1v) is 7.09. The molecule has 2 unspecified atom stereocenters. The van der Waals surface area contributed by atoms with E-state index >= 15 is 0 Å². The van der Waals surface area contributed by atoms with Crippen molar-refractivity contribution in [3.05, 3.63) is 0 Å². The van der Waals surface area contributed by atoms with Gasteiger partial charge in [-0.2, -0.15) is 0 Å². The van der Waals surface area contributed by atoms with Crippen LogP contribution in [0.3, 0.4) is 0 Å². The highest BCUT2D eigenvalue weighted by molar-refractivity contribution is 5.81. The van der Waals surface area contributed by atoms with Crippen molar-refractivity contribution in [3.8, 4) is 0 Å². The van der Waals surface area contributed by atoms with Crippen LogP contribution in [-0.4, -0.2) is 50.2 Å². The summed E-state index contributed by atoms with van der Waals surface area (Å²) in [5.41, 5.74) is -0.451. The highest BCUT2D eigenvalue weighted by atomic mass is 16.5. The van der Waals surface area contributed by atoms with E-state index in [1.54, 1.807) is 0 Å². The fraction of sp³-hybridized carbons (Fsp3) is 0.929. The number of ether oxygens (including phenoxy) is 1. The van der Waals surface area contributed by atoms with E-state index in [0.29, 0.717) is 6.04 Å². The Balaban J connectivity index is 1.90. The first-order valence-electron chi connectivity index (χ1n) is 7.09. The van der Waals surface area contributed by atoms with E-state index < -0.39 is 5.54 Å². The molecule has 2 saturated carbocycles. The molecule has 2 aliphatic rings. The van der Waals surface area contributed by atoms with Gasteiger partial charge in [-0.05, 0) is 52.1 Å². The summed E-state index contributed by atoms with van der Waals surface area (Å²) in [6, 6.07) is 0.511. The Morgan fingerprint density at radius 2 is 2.17 bits per heavy atom. The van der Waals surface area contributed by atoms with E-state index in [0.717, 1.165) is 25.2 Å². The average Bonchev–Trinajstić information content (AvgIpc) is 2.78. The fourth-order valence-electron chi connectivity index (χ4n) is 3.34. The minimum Gasteiger partial charge on any atom is -0.468 e. The second kappa shape index (κ2) is 5.57. The Bertz CT molecular complexity index is 304. The Labute approximate surface area is 110 Å². The van der Waals surface area contributed by atoms with Gasteiger partial charge in [0.1, 0.15) is 5.54 Å². The molecule has 2 rings (SSSR count). The van der Waals surface area contributed by atoms with Gasteiger partial charge in [0.25, 0.3) is 0 Å². The molecule has 0 aromatic heterocycles. The van der Waals surface area contributed by atoms with Gasteiger partial charge >= 0.3 is 5.97 Å². The highest BCUT2D eigenvalue weighted by Gasteiger charge is 2.46. The van der Waals surface area contributed by atoms with E-state index in [1.807, 2.05) is 7.05 Å². The molecular weight excluding hydrogens is 228 g/mol. The SMILES string of the molecule is CNC1(C(=O)OC)CCC(N(C)CC2CCC2)C1. The van der Waals surface area contributed by atoms with Crippen molar-refractivity contribution in [1.82, 2.24) is 10.2 Å². The van der Waals surface area contributed by atoms with E-state index in [1.165, 1.54) is 32.9 Å². The number of esters is 1. The smallest absolute Gasteiger partial charge is 0.326 e. The van der Waals surface area contributed by atoms with Crippen LogP contribution in [0.4, 0.5) is 0 Å². The van der Waals surface area contributed by atoms with Gasteiger partial charge in [-0.15, -0.1) is 0 Å². The monoisotopic (exact) mass is 254 g/mol. The molecule has 4 heteroatoms. The maximum atomic E-state index is 11.9. The molecule has 0 bridgehead atoms. The number of likely N-dealkylation sites (N-methyl/N-ethyl adjacent to an activating group) is 1. The zero-order valence-electron chi connectivity index (χ0n) is 11.9. The summed E-state index contributed by atoms with van der Waals surface area (Å²) in [6.45, 7) is 1.19. The van der Waals surface area contributed by atoms with Gasteiger partial charge in [0, 0.05) is 12.6 Å². The first-order chi connectivity index (χ1) is 8.61. The van der Waals surface area contributed by atoms with Crippen LogP contribution in [-0.2, 0) is 9.53 Å². The molecular formula is C14H26N2O2. The van der Waals surface area contributed by atoms with E-state index in [2.05, 4.69) is 17.3 Å². The zero-order chi connectivity index (χ0) is 13.2. The summed E-state index contributed by atoms with van der Waals surface area (Å²) >= 11 is 0. The minimum atomic E-state index is -0.451. The minimum absolute atomic E-state index is 0.107. The van der Waals surface area contributed by atoms with Crippen LogP contribution < -0.4 is 5.32 Å². The van der Waals surface area contributed by atoms with Crippen LogP contribution in [0.25, 0.3) is 0 Å². The lowest BCUT2D eigenvalue weighted by atomic mass is 9.85. The predicted molar refractivity (Wildman–Crippen MR) is 71.4 cm³/mol. The molecule has 0 spiro atoms. The van der Waals surface area contributed by atoms with Gasteiger partial charge in [0.2, 0.25) is 0 Å². The average molecular weight is 254 g/mol. The lowest BCUT2D eigenvalue weighted by molar-refractivity contribution is -0.148. The van der Waals surface area contributed by atoms with E-state index in [4.69, 9.17) is 4.74 Å². The number of nitrogens with one attached hydrogen (secondary N) is 1. The Kier molecular flexibility index (Phi) is 4.28. The number of hydrogen-bond donors (Lipinski definition) is 1. The molecule has 4 nitrogen and oxygen atoms in total. The molecule has 0 heterocycles. The third-order valence-corrected chi connectivity index (χ3v) is 4.94. The molecule has 0 aromatic carbocycles. The quantitative estimate of drug-likeness (QED) is 0.753.